The van der Waals surface area contributed by atoms with E-state index in [0.717, 1.165) is 16.7 Å². The molecule has 1 saturated heterocycles. The highest BCUT2D eigenvalue weighted by Gasteiger charge is 2.29. The Kier molecular flexibility index (Phi) is 5.32. The Hall–Kier alpha value is -2.73. The molecular formula is C20H22FN3O2. The first-order valence-corrected chi connectivity index (χ1v) is 8.64. The van der Waals surface area contributed by atoms with Crippen LogP contribution in [0.2, 0.25) is 0 Å². The normalized spacial score (nSPS) is 21.0. The number of halogens is 1. The van der Waals surface area contributed by atoms with E-state index in [1.54, 1.807) is 19.1 Å². The van der Waals surface area contributed by atoms with Gasteiger partial charge in [0.2, 0.25) is 11.8 Å². The first kappa shape index (κ1) is 18.1. The topological polar surface area (TPSA) is 70.2 Å². The molecule has 5 nitrogen and oxygen atoms in total. The highest BCUT2D eigenvalue weighted by Crippen LogP contribution is 2.22. The Morgan fingerprint density at radius 2 is 1.69 bits per heavy atom. The fraction of sp³-hybridized carbons (Fsp3) is 0.300. The maximum absolute atomic E-state index is 13.0. The van der Waals surface area contributed by atoms with E-state index in [1.807, 2.05) is 31.2 Å². The number of hydrogen-bond donors (Lipinski definition) is 3. The minimum atomic E-state index is -0.528. The molecule has 2 aromatic carbocycles. The van der Waals surface area contributed by atoms with Crippen molar-refractivity contribution >= 4 is 11.8 Å². The quantitative estimate of drug-likeness (QED) is 0.789. The summed E-state index contributed by atoms with van der Waals surface area (Å²) in [4.78, 5) is 24.0. The van der Waals surface area contributed by atoms with Gasteiger partial charge in [0.05, 0.1) is 24.7 Å². The van der Waals surface area contributed by atoms with Gasteiger partial charge in [-0.25, -0.2) is 4.39 Å². The third kappa shape index (κ3) is 4.26. The second-order valence-corrected chi connectivity index (χ2v) is 6.57. The molecule has 136 valence electrons. The molecule has 1 aliphatic heterocycles. The Labute approximate surface area is 152 Å². The molecule has 2 unspecified atom stereocenters. The largest absolute Gasteiger partial charge is 0.348 e. The van der Waals surface area contributed by atoms with Crippen LogP contribution in [0.1, 0.15) is 31.9 Å². The van der Waals surface area contributed by atoms with E-state index in [-0.39, 0.29) is 36.3 Å². The Balaban J connectivity index is 1.64. The van der Waals surface area contributed by atoms with Crippen LogP contribution in [0, 0.1) is 5.82 Å². The zero-order valence-corrected chi connectivity index (χ0v) is 14.8. The van der Waals surface area contributed by atoms with Gasteiger partial charge < -0.3 is 10.6 Å². The van der Waals surface area contributed by atoms with Crippen molar-refractivity contribution in [3.63, 3.8) is 0 Å². The van der Waals surface area contributed by atoms with Crippen molar-refractivity contribution in [2.75, 3.05) is 0 Å². The minimum absolute atomic E-state index is 0.131. The Morgan fingerprint density at radius 1 is 1.12 bits per heavy atom. The molecular weight excluding hydrogens is 333 g/mol. The lowest BCUT2D eigenvalue weighted by molar-refractivity contribution is -0.132. The summed E-state index contributed by atoms with van der Waals surface area (Å²) in [5.41, 5.74) is 2.87. The van der Waals surface area contributed by atoms with E-state index in [1.165, 1.54) is 12.1 Å². The molecule has 0 spiro atoms. The first-order chi connectivity index (χ1) is 12.4. The van der Waals surface area contributed by atoms with Gasteiger partial charge >= 0.3 is 0 Å². The van der Waals surface area contributed by atoms with Crippen LogP contribution in [-0.4, -0.2) is 24.0 Å². The van der Waals surface area contributed by atoms with Gasteiger partial charge in [0.25, 0.3) is 0 Å². The number of nitrogens with one attached hydrogen (secondary N) is 3. The van der Waals surface area contributed by atoms with Crippen LogP contribution in [0.3, 0.4) is 0 Å². The summed E-state index contributed by atoms with van der Waals surface area (Å²) in [7, 11) is 0. The van der Waals surface area contributed by atoms with E-state index < -0.39 is 6.04 Å². The van der Waals surface area contributed by atoms with Gasteiger partial charge in [-0.3, -0.25) is 14.9 Å². The fourth-order valence-corrected chi connectivity index (χ4v) is 3.06. The van der Waals surface area contributed by atoms with Crippen LogP contribution in [0.5, 0.6) is 0 Å². The van der Waals surface area contributed by atoms with Gasteiger partial charge in [-0.15, -0.1) is 0 Å². The van der Waals surface area contributed by atoms with Crippen molar-refractivity contribution in [3.8, 4) is 11.1 Å². The highest BCUT2D eigenvalue weighted by atomic mass is 19.1. The third-order valence-electron chi connectivity index (χ3n) is 4.48. The number of rotatable bonds is 4. The van der Waals surface area contributed by atoms with Crippen LogP contribution in [0.25, 0.3) is 11.1 Å². The van der Waals surface area contributed by atoms with Crippen molar-refractivity contribution in [2.45, 2.75) is 38.5 Å². The summed E-state index contributed by atoms with van der Waals surface area (Å²) in [6.07, 6.45) is -0.0934. The van der Waals surface area contributed by atoms with E-state index in [9.17, 15) is 14.0 Å². The lowest BCUT2D eigenvalue weighted by atomic mass is 10.0. The van der Waals surface area contributed by atoms with Gasteiger partial charge in [-0.2, -0.15) is 0 Å². The van der Waals surface area contributed by atoms with Gasteiger partial charge in [-0.05, 0) is 42.7 Å². The van der Waals surface area contributed by atoms with Crippen LogP contribution < -0.4 is 16.0 Å². The van der Waals surface area contributed by atoms with E-state index in [4.69, 9.17) is 0 Å². The van der Waals surface area contributed by atoms with Crippen molar-refractivity contribution in [1.82, 2.24) is 16.0 Å². The van der Waals surface area contributed by atoms with Gasteiger partial charge in [0, 0.05) is 0 Å². The van der Waals surface area contributed by atoms with Crippen molar-refractivity contribution in [1.29, 1.82) is 0 Å². The zero-order valence-electron chi connectivity index (χ0n) is 14.8. The average molecular weight is 355 g/mol. The number of hydrogen-bond acceptors (Lipinski definition) is 3. The molecule has 3 N–H and O–H groups in total. The van der Waals surface area contributed by atoms with Crippen LogP contribution in [0.15, 0.2) is 48.5 Å². The molecule has 1 fully saturated rings. The lowest BCUT2D eigenvalue weighted by Gasteiger charge is -2.29. The summed E-state index contributed by atoms with van der Waals surface area (Å²) in [6.45, 7) is 3.70. The summed E-state index contributed by atoms with van der Waals surface area (Å²) in [5, 5.41) is 8.73. The molecule has 0 radical (unpaired) electrons. The molecule has 0 saturated carbocycles. The van der Waals surface area contributed by atoms with E-state index in [0.29, 0.717) is 0 Å². The third-order valence-corrected chi connectivity index (χ3v) is 4.48. The number of carbonyl (C=O) groups excluding carboxylic acids is 2. The molecule has 2 aromatic rings. The van der Waals surface area contributed by atoms with Crippen LogP contribution in [0.4, 0.5) is 4.39 Å². The number of carbonyl (C=O) groups is 2. The highest BCUT2D eigenvalue weighted by molar-refractivity contribution is 5.89. The van der Waals surface area contributed by atoms with Crippen molar-refractivity contribution < 1.29 is 14.0 Å². The molecule has 0 aliphatic carbocycles. The maximum atomic E-state index is 13.0. The smallest absolute Gasteiger partial charge is 0.238 e. The van der Waals surface area contributed by atoms with Crippen LogP contribution in [-0.2, 0) is 9.59 Å². The molecule has 0 aromatic heterocycles. The summed E-state index contributed by atoms with van der Waals surface area (Å²) >= 11 is 0. The zero-order chi connectivity index (χ0) is 18.7. The second kappa shape index (κ2) is 7.66. The predicted molar refractivity (Wildman–Crippen MR) is 97.5 cm³/mol. The molecule has 1 heterocycles. The monoisotopic (exact) mass is 355 g/mol. The summed E-state index contributed by atoms with van der Waals surface area (Å²) in [6, 6.07) is 13.4. The second-order valence-electron chi connectivity index (χ2n) is 6.57. The number of benzene rings is 2. The average Bonchev–Trinajstić information content (AvgIpc) is 2.61. The van der Waals surface area contributed by atoms with Gasteiger partial charge in [-0.1, -0.05) is 36.4 Å². The standard InChI is InChI=1S/C20H22FN3O2/c1-12(22-20(26)18-11-19(25)24-13(2)23-18)14-3-5-15(6-4-14)16-7-9-17(21)10-8-16/h3-10,12-13,18,23H,11H2,1-2H3,(H,22,26)(H,24,25)/t12-,13?,18?/m1/s1. The lowest BCUT2D eigenvalue weighted by Crippen LogP contribution is -2.59. The van der Waals surface area contributed by atoms with E-state index in [2.05, 4.69) is 16.0 Å². The Bertz CT molecular complexity index is 790. The fourth-order valence-electron chi connectivity index (χ4n) is 3.06. The van der Waals surface area contributed by atoms with Crippen molar-refractivity contribution in [3.05, 3.63) is 59.9 Å². The minimum Gasteiger partial charge on any atom is -0.348 e. The SMILES string of the molecule is CC1NC(=O)CC(C(=O)N[C@H](C)c2ccc(-c3ccc(F)cc3)cc2)N1. The summed E-state index contributed by atoms with van der Waals surface area (Å²) in [5.74, 6) is -0.587. The van der Waals surface area contributed by atoms with Crippen molar-refractivity contribution in [2.24, 2.45) is 0 Å². The molecule has 26 heavy (non-hydrogen) atoms. The van der Waals surface area contributed by atoms with E-state index >= 15 is 0 Å². The molecule has 0 bridgehead atoms. The molecule has 2 amide bonds. The van der Waals surface area contributed by atoms with Crippen LogP contribution >= 0.6 is 0 Å². The number of amides is 2. The maximum Gasteiger partial charge on any atom is 0.238 e. The van der Waals surface area contributed by atoms with Gasteiger partial charge in [0.15, 0.2) is 0 Å². The molecule has 3 rings (SSSR count). The van der Waals surface area contributed by atoms with Gasteiger partial charge in [0.1, 0.15) is 5.82 Å². The summed E-state index contributed by atoms with van der Waals surface area (Å²) < 4.78 is 13.0. The molecule has 6 heteroatoms. The first-order valence-electron chi connectivity index (χ1n) is 8.64. The predicted octanol–water partition coefficient (Wildman–Crippen LogP) is 2.49. The Morgan fingerprint density at radius 3 is 2.27 bits per heavy atom. The molecule has 1 aliphatic rings. The molecule has 3 atom stereocenters.